The van der Waals surface area contributed by atoms with Crippen LogP contribution in [0.25, 0.3) is 16.9 Å². The number of carbonyl (C=O) groups is 2. The van der Waals surface area contributed by atoms with Crippen molar-refractivity contribution in [3.05, 3.63) is 100 Å². The molecule has 0 atom stereocenters. The van der Waals surface area contributed by atoms with E-state index in [1.54, 1.807) is 31.2 Å². The van der Waals surface area contributed by atoms with Gasteiger partial charge in [0.2, 0.25) is 0 Å². The predicted octanol–water partition coefficient (Wildman–Crippen LogP) is 6.72. The molecule has 0 bridgehead atoms. The molecule has 0 spiro atoms. The van der Waals surface area contributed by atoms with Gasteiger partial charge in [-0.05, 0) is 61.0 Å². The van der Waals surface area contributed by atoms with E-state index in [0.717, 1.165) is 10.7 Å². The van der Waals surface area contributed by atoms with Gasteiger partial charge in [0.25, 0.3) is 5.91 Å². The van der Waals surface area contributed by atoms with Crippen molar-refractivity contribution in [2.24, 2.45) is 0 Å². The number of aromatic nitrogens is 2. The highest BCUT2D eigenvalue weighted by atomic mass is 35.5. The number of para-hydroxylation sites is 1. The van der Waals surface area contributed by atoms with Crippen LogP contribution in [0.5, 0.6) is 0 Å². The molecule has 0 fully saturated rings. The number of nitrogens with one attached hydrogen (secondary N) is 1. The molecule has 1 amide bonds. The van der Waals surface area contributed by atoms with E-state index in [2.05, 4.69) is 10.4 Å². The molecule has 10 heteroatoms. The first kappa shape index (κ1) is 24.0. The molecule has 3 aromatic carbocycles. The molecule has 0 aliphatic rings. The van der Waals surface area contributed by atoms with Crippen molar-refractivity contribution in [1.82, 2.24) is 9.78 Å². The quantitative estimate of drug-likeness (QED) is 0.318. The second kappa shape index (κ2) is 9.27. The van der Waals surface area contributed by atoms with Crippen molar-refractivity contribution in [2.75, 3.05) is 5.32 Å². The molecule has 0 radical (unpaired) electrons. The van der Waals surface area contributed by atoms with Gasteiger partial charge >= 0.3 is 12.1 Å². The number of aromatic carboxylic acids is 1. The highest BCUT2D eigenvalue weighted by molar-refractivity contribution is 6.32. The van der Waals surface area contributed by atoms with Crippen molar-refractivity contribution in [3.8, 4) is 16.9 Å². The number of carbonyl (C=O) groups excluding carboxylic acids is 1. The number of benzene rings is 3. The molecule has 0 saturated heterocycles. The van der Waals surface area contributed by atoms with Crippen molar-refractivity contribution >= 4 is 29.2 Å². The van der Waals surface area contributed by atoms with Crippen molar-refractivity contribution in [3.63, 3.8) is 0 Å². The number of hydrogen-bond acceptors (Lipinski definition) is 3. The second-order valence-electron chi connectivity index (χ2n) is 7.64. The van der Waals surface area contributed by atoms with Crippen LogP contribution in [0.3, 0.4) is 0 Å². The molecule has 6 nitrogen and oxygen atoms in total. The lowest BCUT2D eigenvalue weighted by Crippen LogP contribution is -2.13. The van der Waals surface area contributed by atoms with E-state index in [1.807, 2.05) is 0 Å². The maximum atomic E-state index is 13.4. The number of anilines is 1. The van der Waals surface area contributed by atoms with E-state index in [9.17, 15) is 22.8 Å². The van der Waals surface area contributed by atoms with E-state index in [4.69, 9.17) is 16.7 Å². The van der Waals surface area contributed by atoms with E-state index in [-0.39, 0.29) is 29.0 Å². The van der Waals surface area contributed by atoms with Gasteiger partial charge in [-0.3, -0.25) is 4.79 Å². The molecular weight excluding hydrogens is 483 g/mol. The lowest BCUT2D eigenvalue weighted by Gasteiger charge is -2.11. The summed E-state index contributed by atoms with van der Waals surface area (Å²) in [6.07, 6.45) is -4.66. The number of carboxylic acid groups (broad SMARTS) is 1. The lowest BCUT2D eigenvalue weighted by atomic mass is 10.1. The Morgan fingerprint density at radius 2 is 1.66 bits per heavy atom. The topological polar surface area (TPSA) is 84.2 Å². The minimum absolute atomic E-state index is 0. The Balaban J connectivity index is 0.00000361. The first-order chi connectivity index (χ1) is 16.5. The van der Waals surface area contributed by atoms with Crippen LogP contribution < -0.4 is 5.32 Å². The Bertz CT molecular complexity index is 1440. The minimum atomic E-state index is -4.66. The first-order valence-corrected chi connectivity index (χ1v) is 10.6. The van der Waals surface area contributed by atoms with Gasteiger partial charge in [0.1, 0.15) is 0 Å². The molecule has 180 valence electrons. The molecular formula is C25H19ClF3N3O3. The zero-order valence-electron chi connectivity index (χ0n) is 18.1. The smallest absolute Gasteiger partial charge is 0.435 e. The predicted molar refractivity (Wildman–Crippen MR) is 127 cm³/mol. The average molecular weight is 502 g/mol. The molecule has 1 aromatic heterocycles. The number of nitrogens with zero attached hydrogens (tertiary/aromatic N) is 2. The van der Waals surface area contributed by atoms with E-state index < -0.39 is 23.7 Å². The van der Waals surface area contributed by atoms with Gasteiger partial charge in [-0.1, -0.05) is 35.9 Å². The summed E-state index contributed by atoms with van der Waals surface area (Å²) in [5, 5.41) is 15.7. The lowest BCUT2D eigenvalue weighted by molar-refractivity contribution is -0.141. The van der Waals surface area contributed by atoms with Crippen LogP contribution in [-0.4, -0.2) is 26.8 Å². The van der Waals surface area contributed by atoms with Crippen molar-refractivity contribution in [2.45, 2.75) is 13.1 Å². The number of hydrogen-bond donors (Lipinski definition) is 2. The molecule has 0 aliphatic heterocycles. The largest absolute Gasteiger partial charge is 0.478 e. The summed E-state index contributed by atoms with van der Waals surface area (Å²) in [5.41, 5.74) is 1.11. The Kier molecular flexibility index (Phi) is 6.36. The summed E-state index contributed by atoms with van der Waals surface area (Å²) in [5.74, 6) is -1.54. The van der Waals surface area contributed by atoms with Crippen LogP contribution in [0, 0.1) is 6.92 Å². The summed E-state index contributed by atoms with van der Waals surface area (Å²) in [6.45, 7) is 1.67. The van der Waals surface area contributed by atoms with Crippen molar-refractivity contribution < 1.29 is 29.3 Å². The average Bonchev–Trinajstić information content (AvgIpc) is 3.26. The van der Waals surface area contributed by atoms with Crippen molar-refractivity contribution in [1.29, 1.82) is 0 Å². The van der Waals surface area contributed by atoms with Gasteiger partial charge in [-0.15, -0.1) is 0 Å². The molecule has 35 heavy (non-hydrogen) atoms. The monoisotopic (exact) mass is 501 g/mol. The number of alkyl halides is 3. The van der Waals surface area contributed by atoms with Crippen LogP contribution in [0.1, 0.15) is 33.4 Å². The molecule has 0 unspecified atom stereocenters. The summed E-state index contributed by atoms with van der Waals surface area (Å²) < 4.78 is 41.3. The zero-order valence-corrected chi connectivity index (χ0v) is 18.9. The second-order valence-corrected chi connectivity index (χ2v) is 8.05. The number of amides is 1. The van der Waals surface area contributed by atoms with Crippen LogP contribution in [0.4, 0.5) is 18.9 Å². The molecule has 1 heterocycles. The van der Waals surface area contributed by atoms with E-state index in [1.165, 1.54) is 42.5 Å². The maximum Gasteiger partial charge on any atom is 0.435 e. The highest BCUT2D eigenvalue weighted by Gasteiger charge is 2.35. The Morgan fingerprint density at radius 1 is 1.00 bits per heavy atom. The van der Waals surface area contributed by atoms with Crippen LogP contribution in [-0.2, 0) is 6.18 Å². The molecule has 0 saturated carbocycles. The van der Waals surface area contributed by atoms with Gasteiger partial charge in [0, 0.05) is 18.2 Å². The van der Waals surface area contributed by atoms with Crippen LogP contribution >= 0.6 is 11.6 Å². The number of rotatable bonds is 5. The highest BCUT2D eigenvalue weighted by Crippen LogP contribution is 2.34. The normalized spacial score (nSPS) is 11.3. The first-order valence-electron chi connectivity index (χ1n) is 10.2. The van der Waals surface area contributed by atoms with E-state index >= 15 is 0 Å². The van der Waals surface area contributed by atoms with Crippen LogP contribution in [0.2, 0.25) is 5.02 Å². The number of carboxylic acids is 1. The summed E-state index contributed by atoms with van der Waals surface area (Å²) >= 11 is 6.20. The Labute approximate surface area is 204 Å². The van der Waals surface area contributed by atoms with Gasteiger partial charge < -0.3 is 10.4 Å². The molecule has 0 aliphatic carbocycles. The maximum absolute atomic E-state index is 13.4. The van der Waals surface area contributed by atoms with E-state index in [0.29, 0.717) is 16.8 Å². The fraction of sp³-hybridized carbons (Fsp3) is 0.0800. The number of aryl methyl sites for hydroxylation is 1. The molecule has 4 aromatic rings. The zero-order chi connectivity index (χ0) is 25.3. The summed E-state index contributed by atoms with van der Waals surface area (Å²) in [4.78, 5) is 23.8. The SMILES string of the molecule is Cc1cc(C(=O)O)ccc1NC(=O)c1ccc(-c2cc(C(F)(F)F)nn2-c2ccccc2Cl)cc1.[HH]. The minimum Gasteiger partial charge on any atom is -0.478 e. The summed E-state index contributed by atoms with van der Waals surface area (Å²) in [7, 11) is 0. The molecule has 4 rings (SSSR count). The van der Waals surface area contributed by atoms with Gasteiger partial charge in [-0.25, -0.2) is 9.48 Å². The third-order valence-corrected chi connectivity index (χ3v) is 5.56. The molecule has 2 N–H and O–H groups in total. The van der Waals surface area contributed by atoms with Gasteiger partial charge in [-0.2, -0.15) is 18.3 Å². The third-order valence-electron chi connectivity index (χ3n) is 5.24. The fourth-order valence-corrected chi connectivity index (χ4v) is 3.67. The fourth-order valence-electron chi connectivity index (χ4n) is 3.46. The van der Waals surface area contributed by atoms with Gasteiger partial charge in [0.15, 0.2) is 5.69 Å². The van der Waals surface area contributed by atoms with Crippen LogP contribution in [0.15, 0.2) is 72.8 Å². The number of halogens is 4. The third kappa shape index (κ3) is 5.04. The Morgan fingerprint density at radius 3 is 2.26 bits per heavy atom. The standard InChI is InChI=1S/C25H17ClF3N3O3.H2/c1-14-12-17(24(34)35)10-11-19(14)30-23(33)16-8-6-15(7-9-16)21-13-22(25(27,28)29)31-32(21)20-5-3-2-4-18(20)26;/h2-13H,1H3,(H,30,33)(H,34,35);1H. The summed E-state index contributed by atoms with van der Waals surface area (Å²) in [6, 6.07) is 17.6. The van der Waals surface area contributed by atoms with Gasteiger partial charge in [0.05, 0.1) is 22.0 Å². The Hall–Kier alpha value is -4.11.